The molecule has 0 aliphatic rings. The van der Waals surface area contributed by atoms with Crippen molar-refractivity contribution in [3.05, 3.63) is 52.5 Å². The van der Waals surface area contributed by atoms with Crippen molar-refractivity contribution in [1.29, 1.82) is 0 Å². The van der Waals surface area contributed by atoms with Gasteiger partial charge in [-0.05, 0) is 36.4 Å². The fourth-order valence-corrected chi connectivity index (χ4v) is 2.63. The quantitative estimate of drug-likeness (QED) is 0.746. The van der Waals surface area contributed by atoms with E-state index in [0.717, 1.165) is 11.1 Å². The highest BCUT2D eigenvalue weighted by Crippen LogP contribution is 2.41. The van der Waals surface area contributed by atoms with E-state index in [1.807, 2.05) is 18.2 Å². The minimum Gasteiger partial charge on any atom is -0.497 e. The van der Waals surface area contributed by atoms with Crippen LogP contribution >= 0.6 is 23.2 Å². The smallest absolute Gasteiger partial charge is 0.124 e. The largest absolute Gasteiger partial charge is 0.497 e. The van der Waals surface area contributed by atoms with E-state index >= 15 is 0 Å². The van der Waals surface area contributed by atoms with Crippen LogP contribution in [0.15, 0.2) is 36.4 Å². The molecule has 21 heavy (non-hydrogen) atoms. The van der Waals surface area contributed by atoms with Crippen LogP contribution in [0.25, 0.3) is 0 Å². The molecule has 2 rings (SSSR count). The first-order chi connectivity index (χ1) is 10.1. The summed E-state index contributed by atoms with van der Waals surface area (Å²) in [6.45, 7) is 0. The third kappa shape index (κ3) is 3.36. The van der Waals surface area contributed by atoms with Crippen LogP contribution in [-0.4, -0.2) is 21.3 Å². The number of benzene rings is 2. The Balaban J connectivity index is 2.53. The molecule has 5 heteroatoms. The second-order valence-electron chi connectivity index (χ2n) is 4.36. The molecular weight excluding hydrogens is 311 g/mol. The van der Waals surface area contributed by atoms with Crippen LogP contribution in [0.2, 0.25) is 5.02 Å². The van der Waals surface area contributed by atoms with E-state index in [4.69, 9.17) is 37.4 Å². The lowest BCUT2D eigenvalue weighted by Crippen LogP contribution is -2.01. The number of alkyl halides is 1. The number of rotatable bonds is 5. The van der Waals surface area contributed by atoms with Gasteiger partial charge in [0, 0.05) is 16.1 Å². The lowest BCUT2D eigenvalue weighted by Gasteiger charge is -2.18. The van der Waals surface area contributed by atoms with E-state index in [1.165, 1.54) is 0 Å². The Morgan fingerprint density at radius 3 is 1.95 bits per heavy atom. The molecule has 1 atom stereocenters. The minimum atomic E-state index is -0.469. The van der Waals surface area contributed by atoms with E-state index in [2.05, 4.69) is 0 Å². The third-order valence-electron chi connectivity index (χ3n) is 3.17. The van der Waals surface area contributed by atoms with Gasteiger partial charge in [-0.2, -0.15) is 0 Å². The molecule has 0 aliphatic heterocycles. The summed E-state index contributed by atoms with van der Waals surface area (Å²) >= 11 is 12.7. The van der Waals surface area contributed by atoms with E-state index in [9.17, 15) is 0 Å². The molecule has 0 aromatic heterocycles. The Hall–Kier alpha value is -1.58. The van der Waals surface area contributed by atoms with Gasteiger partial charge in [0.25, 0.3) is 0 Å². The average molecular weight is 327 g/mol. The van der Waals surface area contributed by atoms with Gasteiger partial charge < -0.3 is 14.2 Å². The molecule has 0 fully saturated rings. The van der Waals surface area contributed by atoms with Crippen molar-refractivity contribution < 1.29 is 14.2 Å². The predicted octanol–water partition coefficient (Wildman–Crippen LogP) is 4.69. The van der Waals surface area contributed by atoms with Gasteiger partial charge in [0.1, 0.15) is 17.2 Å². The van der Waals surface area contributed by atoms with Crippen LogP contribution in [-0.2, 0) is 0 Å². The van der Waals surface area contributed by atoms with Crippen molar-refractivity contribution in [2.24, 2.45) is 0 Å². The lowest BCUT2D eigenvalue weighted by molar-refractivity contribution is 0.397. The summed E-state index contributed by atoms with van der Waals surface area (Å²) in [5.41, 5.74) is 1.57. The maximum absolute atomic E-state index is 6.63. The van der Waals surface area contributed by atoms with E-state index in [-0.39, 0.29) is 0 Å². The van der Waals surface area contributed by atoms with Gasteiger partial charge in [-0.1, -0.05) is 11.6 Å². The van der Waals surface area contributed by atoms with Crippen molar-refractivity contribution in [1.82, 2.24) is 0 Å². The van der Waals surface area contributed by atoms with Gasteiger partial charge in [-0.3, -0.25) is 0 Å². The first-order valence-electron chi connectivity index (χ1n) is 6.30. The molecule has 0 amide bonds. The van der Waals surface area contributed by atoms with Gasteiger partial charge in [0.05, 0.1) is 26.7 Å². The second kappa shape index (κ2) is 6.92. The van der Waals surface area contributed by atoms with Crippen LogP contribution in [0, 0.1) is 0 Å². The Morgan fingerprint density at radius 1 is 0.810 bits per heavy atom. The van der Waals surface area contributed by atoms with Gasteiger partial charge in [0.15, 0.2) is 0 Å². The molecule has 1 unspecified atom stereocenters. The summed E-state index contributed by atoms with van der Waals surface area (Å²) in [5.74, 6) is 2.06. The second-order valence-corrected chi connectivity index (χ2v) is 5.23. The Kier molecular flexibility index (Phi) is 5.21. The summed E-state index contributed by atoms with van der Waals surface area (Å²) in [7, 11) is 4.80. The summed E-state index contributed by atoms with van der Waals surface area (Å²) in [6, 6.07) is 10.8. The van der Waals surface area contributed by atoms with Crippen molar-refractivity contribution in [3.8, 4) is 17.2 Å². The zero-order valence-corrected chi connectivity index (χ0v) is 13.5. The molecule has 0 saturated heterocycles. The van der Waals surface area contributed by atoms with Crippen LogP contribution in [0.4, 0.5) is 0 Å². The SMILES string of the molecule is COc1ccc(OC)c(C(Cl)c2cc(Cl)ccc2OC)c1. The van der Waals surface area contributed by atoms with Crippen molar-refractivity contribution in [3.63, 3.8) is 0 Å². The molecular formula is C16H16Cl2O3. The molecule has 112 valence electrons. The van der Waals surface area contributed by atoms with Gasteiger partial charge in [-0.15, -0.1) is 11.6 Å². The highest BCUT2D eigenvalue weighted by Gasteiger charge is 2.20. The summed E-state index contributed by atoms with van der Waals surface area (Å²) in [6.07, 6.45) is 0. The number of hydrogen-bond donors (Lipinski definition) is 0. The molecule has 0 saturated carbocycles. The normalized spacial score (nSPS) is 11.9. The topological polar surface area (TPSA) is 27.7 Å². The average Bonchev–Trinajstić information content (AvgIpc) is 2.53. The third-order valence-corrected chi connectivity index (χ3v) is 3.88. The molecule has 2 aromatic rings. The summed E-state index contributed by atoms with van der Waals surface area (Å²) < 4.78 is 16.0. The van der Waals surface area contributed by atoms with Crippen LogP contribution in [0.5, 0.6) is 17.2 Å². The zero-order chi connectivity index (χ0) is 15.4. The summed E-state index contributed by atoms with van der Waals surface area (Å²) in [4.78, 5) is 0. The van der Waals surface area contributed by atoms with Crippen molar-refractivity contribution in [2.45, 2.75) is 5.38 Å². The fourth-order valence-electron chi connectivity index (χ4n) is 2.11. The predicted molar refractivity (Wildman–Crippen MR) is 85.2 cm³/mol. The Bertz CT molecular complexity index is 629. The first-order valence-corrected chi connectivity index (χ1v) is 7.11. The van der Waals surface area contributed by atoms with Crippen LogP contribution in [0.1, 0.15) is 16.5 Å². The minimum absolute atomic E-state index is 0.469. The number of methoxy groups -OCH3 is 3. The molecule has 0 spiro atoms. The highest BCUT2D eigenvalue weighted by atomic mass is 35.5. The highest BCUT2D eigenvalue weighted by molar-refractivity contribution is 6.31. The standard InChI is InChI=1S/C16H16Cl2O3/c1-19-11-5-7-15(21-3)13(9-11)16(18)12-8-10(17)4-6-14(12)20-2/h4-9,16H,1-3H3. The van der Waals surface area contributed by atoms with Gasteiger partial charge in [-0.25, -0.2) is 0 Å². The molecule has 0 radical (unpaired) electrons. The molecule has 2 aromatic carbocycles. The van der Waals surface area contributed by atoms with Crippen LogP contribution < -0.4 is 14.2 Å². The maximum Gasteiger partial charge on any atom is 0.124 e. The molecule has 0 heterocycles. The van der Waals surface area contributed by atoms with Crippen molar-refractivity contribution in [2.75, 3.05) is 21.3 Å². The molecule has 0 bridgehead atoms. The van der Waals surface area contributed by atoms with Crippen LogP contribution in [0.3, 0.4) is 0 Å². The van der Waals surface area contributed by atoms with E-state index in [1.54, 1.807) is 39.5 Å². The van der Waals surface area contributed by atoms with Crippen molar-refractivity contribution >= 4 is 23.2 Å². The van der Waals surface area contributed by atoms with Gasteiger partial charge in [0.2, 0.25) is 0 Å². The lowest BCUT2D eigenvalue weighted by atomic mass is 10.0. The molecule has 0 N–H and O–H groups in total. The maximum atomic E-state index is 6.63. The van der Waals surface area contributed by atoms with Gasteiger partial charge >= 0.3 is 0 Å². The zero-order valence-electron chi connectivity index (χ0n) is 12.0. The number of ether oxygens (including phenoxy) is 3. The monoisotopic (exact) mass is 326 g/mol. The Labute approximate surface area is 134 Å². The fraction of sp³-hybridized carbons (Fsp3) is 0.250. The molecule has 3 nitrogen and oxygen atoms in total. The first kappa shape index (κ1) is 15.8. The van der Waals surface area contributed by atoms with E-state index in [0.29, 0.717) is 22.3 Å². The Morgan fingerprint density at radius 2 is 1.38 bits per heavy atom. The van der Waals surface area contributed by atoms with E-state index < -0.39 is 5.38 Å². The number of hydrogen-bond acceptors (Lipinski definition) is 3. The molecule has 0 aliphatic carbocycles. The number of halogens is 2. The summed E-state index contributed by atoms with van der Waals surface area (Å²) in [5, 5.41) is 0.127.